The van der Waals surface area contributed by atoms with E-state index in [1.807, 2.05) is 6.26 Å². The van der Waals surface area contributed by atoms with Crippen LogP contribution in [-0.2, 0) is 4.79 Å². The first-order valence-electron chi connectivity index (χ1n) is 2.45. The van der Waals surface area contributed by atoms with E-state index in [1.165, 1.54) is 0 Å². The van der Waals surface area contributed by atoms with Crippen LogP contribution < -0.4 is 0 Å². The van der Waals surface area contributed by atoms with Crippen LogP contribution >= 0.6 is 11.8 Å². The predicted octanol–water partition coefficient (Wildman–Crippen LogP) is 0.438. The number of rotatable bonds is 4. The highest BCUT2D eigenvalue weighted by Gasteiger charge is 1.88. The van der Waals surface area contributed by atoms with Crippen molar-refractivity contribution in [2.45, 2.75) is 0 Å². The molecule has 1 amide bonds. The van der Waals surface area contributed by atoms with Crippen molar-refractivity contribution >= 4 is 18.2 Å². The third-order valence-electron chi connectivity index (χ3n) is 0.828. The van der Waals surface area contributed by atoms with E-state index in [4.69, 9.17) is 0 Å². The molecule has 0 aliphatic carbocycles. The fourth-order valence-corrected chi connectivity index (χ4v) is 0.759. The van der Waals surface area contributed by atoms with Crippen LogP contribution in [0.1, 0.15) is 0 Å². The van der Waals surface area contributed by atoms with Crippen molar-refractivity contribution in [3.05, 3.63) is 0 Å². The molecule has 0 aliphatic rings. The van der Waals surface area contributed by atoms with Crippen LogP contribution in [0.25, 0.3) is 0 Å². The summed E-state index contributed by atoms with van der Waals surface area (Å²) in [5.74, 6) is 1.02. The Labute approximate surface area is 54.2 Å². The number of carbonyl (C=O) groups excluding carboxylic acids is 1. The lowest BCUT2D eigenvalue weighted by Crippen LogP contribution is -2.18. The van der Waals surface area contributed by atoms with Crippen LogP contribution in [-0.4, -0.2) is 36.9 Å². The van der Waals surface area contributed by atoms with Crippen LogP contribution in [0.5, 0.6) is 0 Å². The molecule has 0 aromatic heterocycles. The summed E-state index contributed by atoms with van der Waals surface area (Å²) < 4.78 is 0. The van der Waals surface area contributed by atoms with Gasteiger partial charge in [0.2, 0.25) is 6.41 Å². The molecule has 0 N–H and O–H groups in total. The van der Waals surface area contributed by atoms with Gasteiger partial charge in [0.15, 0.2) is 0 Å². The van der Waals surface area contributed by atoms with Crippen LogP contribution in [0, 0.1) is 0 Å². The van der Waals surface area contributed by atoms with Gasteiger partial charge in [-0.2, -0.15) is 11.8 Å². The molecule has 0 fully saturated rings. The molecule has 3 heteroatoms. The summed E-state index contributed by atoms with van der Waals surface area (Å²) in [5, 5.41) is 0. The first-order chi connectivity index (χ1) is 3.81. The van der Waals surface area contributed by atoms with Gasteiger partial charge in [-0.15, -0.1) is 0 Å². The van der Waals surface area contributed by atoms with Crippen LogP contribution in [0.4, 0.5) is 0 Å². The molecule has 0 spiro atoms. The minimum absolute atomic E-state index is 0.843. The van der Waals surface area contributed by atoms with Crippen molar-refractivity contribution in [3.8, 4) is 0 Å². The Morgan fingerprint density at radius 1 is 1.75 bits per heavy atom. The summed E-state index contributed by atoms with van der Waals surface area (Å²) in [5.41, 5.74) is 0. The van der Waals surface area contributed by atoms with E-state index in [0.717, 1.165) is 18.7 Å². The SMILES string of the molecule is CSCCN(C)C=O. The summed E-state index contributed by atoms with van der Waals surface area (Å²) in [6, 6.07) is 0. The Hall–Kier alpha value is -0.180. The number of hydrogen-bond acceptors (Lipinski definition) is 2. The maximum absolute atomic E-state index is 9.93. The highest BCUT2D eigenvalue weighted by Crippen LogP contribution is 1.89. The van der Waals surface area contributed by atoms with Gasteiger partial charge in [0, 0.05) is 19.3 Å². The van der Waals surface area contributed by atoms with Gasteiger partial charge in [-0.3, -0.25) is 4.79 Å². The predicted molar refractivity (Wildman–Crippen MR) is 37.1 cm³/mol. The fraction of sp³-hybridized carbons (Fsp3) is 0.800. The third kappa shape index (κ3) is 3.99. The first kappa shape index (κ1) is 7.82. The summed E-state index contributed by atoms with van der Waals surface area (Å²) in [6.07, 6.45) is 2.87. The molecule has 0 atom stereocenters. The zero-order valence-corrected chi connectivity index (χ0v) is 6.07. The second-order valence-electron chi connectivity index (χ2n) is 1.58. The van der Waals surface area contributed by atoms with E-state index >= 15 is 0 Å². The van der Waals surface area contributed by atoms with E-state index in [1.54, 1.807) is 23.7 Å². The number of amides is 1. The van der Waals surface area contributed by atoms with E-state index < -0.39 is 0 Å². The fourth-order valence-electron chi connectivity index (χ4n) is 0.288. The third-order valence-corrected chi connectivity index (χ3v) is 1.42. The van der Waals surface area contributed by atoms with Gasteiger partial charge in [-0.25, -0.2) is 0 Å². The van der Waals surface area contributed by atoms with Crippen molar-refractivity contribution < 1.29 is 4.79 Å². The van der Waals surface area contributed by atoms with Gasteiger partial charge < -0.3 is 4.90 Å². The van der Waals surface area contributed by atoms with E-state index in [-0.39, 0.29) is 0 Å². The van der Waals surface area contributed by atoms with E-state index in [9.17, 15) is 4.79 Å². The topological polar surface area (TPSA) is 20.3 Å². The Kier molecular flexibility index (Phi) is 4.85. The molecule has 8 heavy (non-hydrogen) atoms. The van der Waals surface area contributed by atoms with Crippen molar-refractivity contribution in [2.75, 3.05) is 25.6 Å². The molecular formula is C5H11NOS. The molecule has 0 unspecified atom stereocenters. The average molecular weight is 133 g/mol. The van der Waals surface area contributed by atoms with Crippen molar-refractivity contribution in [3.63, 3.8) is 0 Å². The van der Waals surface area contributed by atoms with Crippen molar-refractivity contribution in [1.82, 2.24) is 4.90 Å². The van der Waals surface area contributed by atoms with Crippen LogP contribution in [0.2, 0.25) is 0 Å². The lowest BCUT2D eigenvalue weighted by Gasteiger charge is -2.06. The van der Waals surface area contributed by atoms with Crippen molar-refractivity contribution in [2.24, 2.45) is 0 Å². The van der Waals surface area contributed by atoms with Crippen LogP contribution in [0.15, 0.2) is 0 Å². The molecular weight excluding hydrogens is 122 g/mol. The number of nitrogens with zero attached hydrogens (tertiary/aromatic N) is 1. The molecule has 0 saturated carbocycles. The molecule has 0 heterocycles. The average Bonchev–Trinajstić information content (AvgIpc) is 1.83. The minimum Gasteiger partial charge on any atom is -0.347 e. The Morgan fingerprint density at radius 2 is 2.38 bits per heavy atom. The van der Waals surface area contributed by atoms with Gasteiger partial charge >= 0.3 is 0 Å². The normalized spacial score (nSPS) is 8.75. The second-order valence-corrected chi connectivity index (χ2v) is 2.56. The highest BCUT2D eigenvalue weighted by atomic mass is 32.2. The first-order valence-corrected chi connectivity index (χ1v) is 3.85. The molecule has 2 nitrogen and oxygen atoms in total. The molecule has 0 saturated heterocycles. The maximum Gasteiger partial charge on any atom is 0.209 e. The Morgan fingerprint density at radius 3 is 2.75 bits per heavy atom. The highest BCUT2D eigenvalue weighted by molar-refractivity contribution is 7.98. The minimum atomic E-state index is 0.843. The number of carbonyl (C=O) groups is 1. The standard InChI is InChI=1S/C5H11NOS/c1-6(5-7)3-4-8-2/h5H,3-4H2,1-2H3. The van der Waals surface area contributed by atoms with Gasteiger partial charge in [0.1, 0.15) is 0 Å². The molecule has 0 aromatic carbocycles. The van der Waals surface area contributed by atoms with Gasteiger partial charge in [0.05, 0.1) is 0 Å². The van der Waals surface area contributed by atoms with Crippen LogP contribution in [0.3, 0.4) is 0 Å². The molecule has 0 aliphatic heterocycles. The molecule has 0 bridgehead atoms. The Bertz CT molecular complexity index is 67.4. The zero-order chi connectivity index (χ0) is 6.41. The zero-order valence-electron chi connectivity index (χ0n) is 5.26. The number of thioether (sulfide) groups is 1. The summed E-state index contributed by atoms with van der Waals surface area (Å²) in [6.45, 7) is 0.852. The van der Waals surface area contributed by atoms with E-state index in [0.29, 0.717) is 0 Å². The summed E-state index contributed by atoms with van der Waals surface area (Å²) in [4.78, 5) is 11.6. The number of hydrogen-bond donors (Lipinski definition) is 0. The molecule has 0 aromatic rings. The monoisotopic (exact) mass is 133 g/mol. The Balaban J connectivity index is 2.98. The summed E-state index contributed by atoms with van der Waals surface area (Å²) in [7, 11) is 1.78. The molecule has 0 rings (SSSR count). The van der Waals surface area contributed by atoms with Gasteiger partial charge in [0.25, 0.3) is 0 Å². The largest absolute Gasteiger partial charge is 0.347 e. The molecule has 0 radical (unpaired) electrons. The second kappa shape index (κ2) is 4.97. The maximum atomic E-state index is 9.93. The smallest absolute Gasteiger partial charge is 0.209 e. The van der Waals surface area contributed by atoms with Gasteiger partial charge in [-0.05, 0) is 6.26 Å². The van der Waals surface area contributed by atoms with Gasteiger partial charge in [-0.1, -0.05) is 0 Å². The van der Waals surface area contributed by atoms with E-state index in [2.05, 4.69) is 0 Å². The van der Waals surface area contributed by atoms with Crippen molar-refractivity contribution in [1.29, 1.82) is 0 Å². The lowest BCUT2D eigenvalue weighted by molar-refractivity contribution is -0.116. The lowest BCUT2D eigenvalue weighted by atomic mass is 10.7. The quantitative estimate of drug-likeness (QED) is 0.519. The molecule has 48 valence electrons. The summed E-state index contributed by atoms with van der Waals surface area (Å²) >= 11 is 1.74.